The van der Waals surface area contributed by atoms with E-state index in [0.717, 1.165) is 31.5 Å². The van der Waals surface area contributed by atoms with Gasteiger partial charge in [0.05, 0.1) is 12.2 Å². The molecular formula is C22H26FNO3. The molecule has 5 heteroatoms. The van der Waals surface area contributed by atoms with Crippen molar-refractivity contribution in [2.75, 3.05) is 19.6 Å². The number of aliphatic hydroxyl groups excluding tert-OH is 1. The Kier molecular flexibility index (Phi) is 5.06. The maximum absolute atomic E-state index is 14.2. The van der Waals surface area contributed by atoms with Crippen molar-refractivity contribution >= 4 is 0 Å². The maximum Gasteiger partial charge on any atom is 0.167 e. The average molecular weight is 371 g/mol. The zero-order valence-electron chi connectivity index (χ0n) is 15.5. The molecule has 4 rings (SSSR count). The average Bonchev–Trinajstić information content (AvgIpc) is 3.17. The Balaban J connectivity index is 1.30. The van der Waals surface area contributed by atoms with Crippen molar-refractivity contribution < 1.29 is 19.3 Å². The highest BCUT2D eigenvalue weighted by Crippen LogP contribution is 2.40. The van der Waals surface area contributed by atoms with E-state index < -0.39 is 6.10 Å². The van der Waals surface area contributed by atoms with Crippen LogP contribution in [0.25, 0.3) is 0 Å². The van der Waals surface area contributed by atoms with Crippen molar-refractivity contribution in [3.63, 3.8) is 0 Å². The van der Waals surface area contributed by atoms with E-state index in [1.807, 2.05) is 6.07 Å². The molecular weight excluding hydrogens is 345 g/mol. The lowest BCUT2D eigenvalue weighted by Crippen LogP contribution is -2.29. The summed E-state index contributed by atoms with van der Waals surface area (Å²) >= 11 is 0. The van der Waals surface area contributed by atoms with E-state index in [1.54, 1.807) is 43.3 Å². The van der Waals surface area contributed by atoms with Crippen LogP contribution in [0.4, 0.5) is 4.39 Å². The Morgan fingerprint density at radius 2 is 1.78 bits per heavy atom. The van der Waals surface area contributed by atoms with Crippen LogP contribution < -0.4 is 4.74 Å². The summed E-state index contributed by atoms with van der Waals surface area (Å²) in [6.07, 6.45) is 1.38. The maximum atomic E-state index is 14.2. The zero-order valence-corrected chi connectivity index (χ0v) is 15.5. The molecule has 1 aliphatic carbocycles. The third-order valence-corrected chi connectivity index (χ3v) is 5.94. The molecule has 4 nitrogen and oxygen atoms in total. The van der Waals surface area contributed by atoms with Crippen molar-refractivity contribution in [2.45, 2.75) is 32.0 Å². The molecule has 2 aromatic carbocycles. The molecule has 1 saturated carbocycles. The van der Waals surface area contributed by atoms with Gasteiger partial charge in [0.2, 0.25) is 0 Å². The number of β-amino-alcohol motifs (C(OH)–C–C–N with tert-alkyl or cyclic N) is 1. The van der Waals surface area contributed by atoms with Gasteiger partial charge < -0.3 is 14.9 Å². The molecule has 0 bridgehead atoms. The first-order chi connectivity index (χ1) is 13.0. The molecule has 0 aromatic heterocycles. The van der Waals surface area contributed by atoms with Crippen LogP contribution in [0.1, 0.15) is 30.1 Å². The van der Waals surface area contributed by atoms with E-state index in [-0.39, 0.29) is 17.7 Å². The van der Waals surface area contributed by atoms with Crippen molar-refractivity contribution in [2.24, 2.45) is 11.8 Å². The summed E-state index contributed by atoms with van der Waals surface area (Å²) in [6.45, 7) is 4.23. The Morgan fingerprint density at radius 3 is 2.44 bits per heavy atom. The normalized spacial score (nSPS) is 26.1. The van der Waals surface area contributed by atoms with Crippen molar-refractivity contribution in [1.29, 1.82) is 0 Å². The van der Waals surface area contributed by atoms with Gasteiger partial charge in [-0.2, -0.15) is 0 Å². The highest BCUT2D eigenvalue weighted by Gasteiger charge is 2.42. The number of ether oxygens (including phenoxy) is 1. The number of nitrogens with zero attached hydrogens (tertiary/aromatic N) is 1. The third kappa shape index (κ3) is 3.94. The number of phenols is 1. The minimum Gasteiger partial charge on any atom is -0.508 e. The van der Waals surface area contributed by atoms with E-state index in [4.69, 9.17) is 4.74 Å². The predicted molar refractivity (Wildman–Crippen MR) is 101 cm³/mol. The summed E-state index contributed by atoms with van der Waals surface area (Å²) in [6, 6.07) is 12.0. The monoisotopic (exact) mass is 371 g/mol. The highest BCUT2D eigenvalue weighted by atomic mass is 19.1. The van der Waals surface area contributed by atoms with E-state index in [1.165, 1.54) is 0 Å². The summed E-state index contributed by atoms with van der Waals surface area (Å²) in [7, 11) is 0. The van der Waals surface area contributed by atoms with Gasteiger partial charge in [0.25, 0.3) is 0 Å². The lowest BCUT2D eigenvalue weighted by Gasteiger charge is -2.22. The summed E-state index contributed by atoms with van der Waals surface area (Å²) in [5.74, 6) is 1.38. The summed E-state index contributed by atoms with van der Waals surface area (Å²) in [5, 5.41) is 19.8. The molecule has 1 heterocycles. The minimum atomic E-state index is -0.558. The predicted octanol–water partition coefficient (Wildman–Crippen LogP) is 3.66. The van der Waals surface area contributed by atoms with Gasteiger partial charge in [-0.25, -0.2) is 4.39 Å². The molecule has 2 fully saturated rings. The lowest BCUT2D eigenvalue weighted by atomic mass is 10.0. The number of rotatable bonds is 5. The molecule has 1 aliphatic heterocycles. The Hall–Kier alpha value is -2.11. The second-order valence-corrected chi connectivity index (χ2v) is 7.94. The van der Waals surface area contributed by atoms with Gasteiger partial charge in [-0.05, 0) is 60.9 Å². The zero-order chi connectivity index (χ0) is 19.0. The third-order valence-electron chi connectivity index (χ3n) is 5.94. The van der Waals surface area contributed by atoms with Gasteiger partial charge in [-0.1, -0.05) is 24.3 Å². The fourth-order valence-corrected chi connectivity index (χ4v) is 4.52. The number of fused-ring (bicyclic) bond motifs is 1. The minimum absolute atomic E-state index is 0.0699. The first-order valence-corrected chi connectivity index (χ1v) is 9.60. The van der Waals surface area contributed by atoms with Crippen LogP contribution in [-0.4, -0.2) is 40.9 Å². The number of halogens is 1. The Labute approximate surface area is 159 Å². The van der Waals surface area contributed by atoms with Crippen LogP contribution in [-0.2, 0) is 0 Å². The van der Waals surface area contributed by atoms with E-state index >= 15 is 0 Å². The van der Waals surface area contributed by atoms with Crippen LogP contribution in [0.5, 0.6) is 11.5 Å². The number of phenolic OH excluding ortho intramolecular Hbond substituents is 1. The van der Waals surface area contributed by atoms with Crippen LogP contribution in [0.2, 0.25) is 0 Å². The van der Waals surface area contributed by atoms with Crippen LogP contribution in [0.3, 0.4) is 0 Å². The van der Waals surface area contributed by atoms with Gasteiger partial charge in [-0.15, -0.1) is 0 Å². The van der Waals surface area contributed by atoms with E-state index in [0.29, 0.717) is 29.7 Å². The highest BCUT2D eigenvalue weighted by molar-refractivity contribution is 5.30. The van der Waals surface area contributed by atoms with E-state index in [2.05, 4.69) is 4.90 Å². The quantitative estimate of drug-likeness (QED) is 0.842. The summed E-state index contributed by atoms with van der Waals surface area (Å²) in [5.41, 5.74) is 1.43. The molecule has 27 heavy (non-hydrogen) atoms. The summed E-state index contributed by atoms with van der Waals surface area (Å²) < 4.78 is 20.1. The number of aromatic hydroxyl groups is 1. The molecule has 4 atom stereocenters. The second kappa shape index (κ2) is 7.49. The van der Waals surface area contributed by atoms with Gasteiger partial charge in [0, 0.05) is 19.6 Å². The van der Waals surface area contributed by atoms with Crippen LogP contribution in [0, 0.1) is 24.6 Å². The molecule has 2 aliphatic rings. The number of aryl methyl sites for hydroxylation is 1. The van der Waals surface area contributed by atoms with Crippen LogP contribution >= 0.6 is 0 Å². The molecule has 2 aromatic rings. The first-order valence-electron chi connectivity index (χ1n) is 9.60. The second-order valence-electron chi connectivity index (χ2n) is 7.94. The number of hydrogen-bond donors (Lipinski definition) is 2. The molecule has 1 unspecified atom stereocenters. The molecule has 2 N–H and O–H groups in total. The van der Waals surface area contributed by atoms with E-state index in [9.17, 15) is 14.6 Å². The number of hydrogen-bond acceptors (Lipinski definition) is 4. The van der Waals surface area contributed by atoms with Gasteiger partial charge in [0.1, 0.15) is 5.75 Å². The smallest absolute Gasteiger partial charge is 0.167 e. The van der Waals surface area contributed by atoms with Crippen molar-refractivity contribution in [3.8, 4) is 11.5 Å². The number of benzene rings is 2. The first kappa shape index (κ1) is 18.3. The van der Waals surface area contributed by atoms with Gasteiger partial charge in [0.15, 0.2) is 11.6 Å². The molecule has 0 amide bonds. The van der Waals surface area contributed by atoms with Crippen molar-refractivity contribution in [3.05, 3.63) is 59.4 Å². The molecule has 0 spiro atoms. The lowest BCUT2D eigenvalue weighted by molar-refractivity contribution is 0.115. The standard InChI is InChI=1S/C22H26FNO3/c1-14-3-2-4-21(22(14)23)27-19-9-16-11-24(12-17(16)10-19)13-20(26)15-5-7-18(25)8-6-15/h2-8,16-17,19-20,25-26H,9-13H2,1H3/t16-,17+,19+,20?. The fraction of sp³-hybridized carbons (Fsp3) is 0.455. The molecule has 144 valence electrons. The molecule has 0 radical (unpaired) electrons. The van der Waals surface area contributed by atoms with Crippen LogP contribution in [0.15, 0.2) is 42.5 Å². The Bertz CT molecular complexity index is 781. The molecule has 1 saturated heterocycles. The number of aliphatic hydroxyl groups is 1. The Morgan fingerprint density at radius 1 is 1.11 bits per heavy atom. The summed E-state index contributed by atoms with van der Waals surface area (Å²) in [4.78, 5) is 2.30. The fourth-order valence-electron chi connectivity index (χ4n) is 4.52. The number of likely N-dealkylation sites (tertiary alicyclic amines) is 1. The van der Waals surface area contributed by atoms with Gasteiger partial charge >= 0.3 is 0 Å². The largest absolute Gasteiger partial charge is 0.508 e. The van der Waals surface area contributed by atoms with Crippen molar-refractivity contribution in [1.82, 2.24) is 4.90 Å². The SMILES string of the molecule is Cc1cccc(O[C@H]2C[C@@H]3CN(CC(O)c4ccc(O)cc4)C[C@@H]3C2)c1F. The topological polar surface area (TPSA) is 52.9 Å². The van der Waals surface area contributed by atoms with Gasteiger partial charge in [-0.3, -0.25) is 4.90 Å².